The molecule has 0 atom stereocenters. The van der Waals surface area contributed by atoms with Crippen LogP contribution in [0, 0.1) is 0 Å². The molecule has 2 saturated heterocycles. The maximum Gasteiger partial charge on any atom is 0.327 e. The Kier molecular flexibility index (Phi) is 6.40. The van der Waals surface area contributed by atoms with Crippen molar-refractivity contribution in [3.63, 3.8) is 0 Å². The fourth-order valence-corrected chi connectivity index (χ4v) is 3.97. The first-order valence-electron chi connectivity index (χ1n) is 10.3. The van der Waals surface area contributed by atoms with Gasteiger partial charge in [-0.05, 0) is 22.3 Å². The number of carbonyl (C=O) groups is 2. The molecule has 2 aromatic rings. The van der Waals surface area contributed by atoms with Gasteiger partial charge in [0, 0.05) is 26.2 Å². The summed E-state index contributed by atoms with van der Waals surface area (Å²) >= 11 is 0. The number of imide groups is 1. The smallest absolute Gasteiger partial charge is 0.327 e. The van der Waals surface area contributed by atoms with E-state index in [0.29, 0.717) is 6.54 Å². The summed E-state index contributed by atoms with van der Waals surface area (Å²) in [7, 11) is 0. The number of hydrogen-bond acceptors (Lipinski definition) is 4. The Morgan fingerprint density at radius 1 is 0.933 bits per heavy atom. The van der Waals surface area contributed by atoms with Crippen LogP contribution in [0.3, 0.4) is 0 Å². The number of alkyl halides is 1. The van der Waals surface area contributed by atoms with Gasteiger partial charge in [0.05, 0.1) is 19.8 Å². The summed E-state index contributed by atoms with van der Waals surface area (Å²) in [6, 6.07) is 16.0. The molecule has 2 heterocycles. The van der Waals surface area contributed by atoms with Crippen molar-refractivity contribution in [2.24, 2.45) is 0 Å². The van der Waals surface area contributed by atoms with Crippen LogP contribution >= 0.6 is 0 Å². The van der Waals surface area contributed by atoms with E-state index in [1.807, 2.05) is 18.2 Å². The minimum atomic E-state index is -0.718. The zero-order chi connectivity index (χ0) is 20.9. The molecule has 7 heteroatoms. The number of nitrogens with zero attached hydrogens (tertiary/aromatic N) is 3. The zero-order valence-electron chi connectivity index (χ0n) is 16.9. The number of amides is 3. The second-order valence-electron chi connectivity index (χ2n) is 7.62. The molecule has 0 N–H and O–H groups in total. The Balaban J connectivity index is 1.45. The van der Waals surface area contributed by atoms with Gasteiger partial charge in [-0.3, -0.25) is 14.6 Å². The Labute approximate surface area is 175 Å². The van der Waals surface area contributed by atoms with Gasteiger partial charge in [-0.25, -0.2) is 9.18 Å². The van der Waals surface area contributed by atoms with Crippen LogP contribution in [0.15, 0.2) is 48.5 Å². The molecule has 0 spiro atoms. The van der Waals surface area contributed by atoms with Gasteiger partial charge in [-0.2, -0.15) is 0 Å². The number of rotatable bonds is 7. The van der Waals surface area contributed by atoms with Crippen molar-refractivity contribution in [1.29, 1.82) is 0 Å². The average molecular weight is 411 g/mol. The van der Waals surface area contributed by atoms with Crippen LogP contribution in [0.4, 0.5) is 9.18 Å². The number of benzene rings is 2. The molecule has 2 fully saturated rings. The van der Waals surface area contributed by atoms with Crippen LogP contribution in [0.2, 0.25) is 0 Å². The Bertz CT molecular complexity index is 897. The molecule has 6 nitrogen and oxygen atoms in total. The largest absolute Gasteiger partial charge is 0.379 e. The molecule has 2 aliphatic rings. The lowest BCUT2D eigenvalue weighted by Gasteiger charge is -2.27. The third-order valence-electron chi connectivity index (χ3n) is 5.59. The summed E-state index contributed by atoms with van der Waals surface area (Å²) < 4.78 is 18.0. The fraction of sp³-hybridized carbons (Fsp3) is 0.391. The van der Waals surface area contributed by atoms with Gasteiger partial charge in [0.25, 0.3) is 0 Å². The van der Waals surface area contributed by atoms with E-state index < -0.39 is 12.7 Å². The number of morpholine rings is 1. The van der Waals surface area contributed by atoms with E-state index in [0.717, 1.165) is 48.9 Å². The summed E-state index contributed by atoms with van der Waals surface area (Å²) in [5.41, 5.74) is 4.52. The third kappa shape index (κ3) is 4.52. The molecule has 0 aliphatic carbocycles. The van der Waals surface area contributed by atoms with Crippen LogP contribution in [0.1, 0.15) is 11.1 Å². The average Bonchev–Trinajstić information content (AvgIpc) is 3.03. The molecule has 4 rings (SSSR count). The highest BCUT2D eigenvalue weighted by molar-refractivity contribution is 6.01. The molecule has 0 aromatic heterocycles. The quantitative estimate of drug-likeness (QED) is 0.658. The van der Waals surface area contributed by atoms with Gasteiger partial charge < -0.3 is 9.64 Å². The maximum absolute atomic E-state index is 12.6. The number of ether oxygens (including phenoxy) is 1. The molecule has 3 amide bonds. The minimum Gasteiger partial charge on any atom is -0.379 e. The SMILES string of the molecule is O=C1CN(Cc2ccc(-c3ccccc3CN3CCOCC3)cc2)C(=O)N1CCF. The van der Waals surface area contributed by atoms with Crippen molar-refractivity contribution in [3.8, 4) is 11.1 Å². The summed E-state index contributed by atoms with van der Waals surface area (Å²) in [4.78, 5) is 29.0. The van der Waals surface area contributed by atoms with Gasteiger partial charge in [0.1, 0.15) is 13.2 Å². The van der Waals surface area contributed by atoms with Crippen molar-refractivity contribution >= 4 is 11.9 Å². The van der Waals surface area contributed by atoms with Crippen LogP contribution in [-0.4, -0.2) is 72.7 Å². The summed E-state index contributed by atoms with van der Waals surface area (Å²) in [5, 5.41) is 0. The fourth-order valence-electron chi connectivity index (χ4n) is 3.97. The Hall–Kier alpha value is -2.77. The highest BCUT2D eigenvalue weighted by Crippen LogP contribution is 2.26. The number of urea groups is 1. The van der Waals surface area contributed by atoms with Gasteiger partial charge in [0.15, 0.2) is 0 Å². The summed E-state index contributed by atoms with van der Waals surface area (Å²) in [5.74, 6) is -0.341. The lowest BCUT2D eigenvalue weighted by atomic mass is 9.98. The highest BCUT2D eigenvalue weighted by Gasteiger charge is 2.35. The molecular weight excluding hydrogens is 385 g/mol. The van der Waals surface area contributed by atoms with Gasteiger partial charge in [-0.15, -0.1) is 0 Å². The number of carbonyl (C=O) groups excluding carboxylic acids is 2. The van der Waals surface area contributed by atoms with Crippen molar-refractivity contribution < 1.29 is 18.7 Å². The lowest BCUT2D eigenvalue weighted by molar-refractivity contribution is -0.125. The first-order valence-corrected chi connectivity index (χ1v) is 10.3. The molecule has 0 unspecified atom stereocenters. The van der Waals surface area contributed by atoms with E-state index in [1.165, 1.54) is 16.0 Å². The summed E-state index contributed by atoms with van der Waals surface area (Å²) in [6.45, 7) is 3.76. The van der Waals surface area contributed by atoms with Crippen molar-refractivity contribution in [2.45, 2.75) is 13.1 Å². The van der Waals surface area contributed by atoms with E-state index in [9.17, 15) is 14.0 Å². The second kappa shape index (κ2) is 9.36. The number of hydrogen-bond donors (Lipinski definition) is 0. The van der Waals surface area contributed by atoms with Crippen molar-refractivity contribution in [1.82, 2.24) is 14.7 Å². The third-order valence-corrected chi connectivity index (χ3v) is 5.59. The Morgan fingerprint density at radius 2 is 1.67 bits per heavy atom. The highest BCUT2D eigenvalue weighted by atomic mass is 19.1. The van der Waals surface area contributed by atoms with Crippen LogP contribution < -0.4 is 0 Å². The van der Waals surface area contributed by atoms with E-state index in [-0.39, 0.29) is 19.0 Å². The molecule has 0 saturated carbocycles. The van der Waals surface area contributed by atoms with E-state index in [1.54, 1.807) is 0 Å². The van der Waals surface area contributed by atoms with E-state index >= 15 is 0 Å². The van der Waals surface area contributed by atoms with Crippen LogP contribution in [-0.2, 0) is 22.6 Å². The van der Waals surface area contributed by atoms with Crippen molar-refractivity contribution in [2.75, 3.05) is 46.1 Å². The first kappa shape index (κ1) is 20.5. The molecule has 2 aromatic carbocycles. The second-order valence-corrected chi connectivity index (χ2v) is 7.62. The predicted octanol–water partition coefficient (Wildman–Crippen LogP) is 2.92. The molecule has 30 heavy (non-hydrogen) atoms. The number of halogens is 1. The van der Waals surface area contributed by atoms with Gasteiger partial charge in [0.2, 0.25) is 5.91 Å². The minimum absolute atomic E-state index is 0.00294. The van der Waals surface area contributed by atoms with Crippen LogP contribution in [0.25, 0.3) is 11.1 Å². The zero-order valence-corrected chi connectivity index (χ0v) is 16.9. The topological polar surface area (TPSA) is 53.1 Å². The van der Waals surface area contributed by atoms with Crippen molar-refractivity contribution in [3.05, 3.63) is 59.7 Å². The molecule has 0 radical (unpaired) electrons. The molecule has 0 bridgehead atoms. The normalized spacial score (nSPS) is 17.8. The summed E-state index contributed by atoms with van der Waals surface area (Å²) in [6.07, 6.45) is 0. The van der Waals surface area contributed by atoms with Gasteiger partial charge in [-0.1, -0.05) is 48.5 Å². The standard InChI is InChI=1S/C23H26FN3O3/c24-9-10-27-22(28)17-26(23(27)29)15-18-5-7-19(8-6-18)21-4-2-1-3-20(21)16-25-11-13-30-14-12-25/h1-8H,9-17H2. The predicted molar refractivity (Wildman–Crippen MR) is 111 cm³/mol. The monoisotopic (exact) mass is 411 g/mol. The lowest BCUT2D eigenvalue weighted by Crippen LogP contribution is -2.35. The molecule has 158 valence electrons. The van der Waals surface area contributed by atoms with E-state index in [2.05, 4.69) is 35.2 Å². The maximum atomic E-state index is 12.6. The van der Waals surface area contributed by atoms with E-state index in [4.69, 9.17) is 4.74 Å². The first-order chi connectivity index (χ1) is 14.7. The van der Waals surface area contributed by atoms with Crippen LogP contribution in [0.5, 0.6) is 0 Å². The van der Waals surface area contributed by atoms with Gasteiger partial charge >= 0.3 is 6.03 Å². The molecule has 2 aliphatic heterocycles. The molecular formula is C23H26FN3O3. The Morgan fingerprint density at radius 3 is 2.40 bits per heavy atom.